The van der Waals surface area contributed by atoms with Crippen LogP contribution in [0.3, 0.4) is 0 Å². The van der Waals surface area contributed by atoms with Crippen LogP contribution in [0.25, 0.3) is 0 Å². The summed E-state index contributed by atoms with van der Waals surface area (Å²) in [5, 5.41) is 9.36. The topological polar surface area (TPSA) is 155 Å². The lowest BCUT2D eigenvalue weighted by Crippen LogP contribution is -2.56. The maximum atomic E-state index is 14.2. The third-order valence-corrected chi connectivity index (χ3v) is 9.36. The molecule has 0 aromatic carbocycles. The molecule has 5 heterocycles. The molecule has 2 aliphatic rings. The van der Waals surface area contributed by atoms with Crippen LogP contribution < -0.4 is 4.90 Å². The molecule has 2 amide bonds. The molecule has 5 rings (SSSR count). The lowest BCUT2D eigenvalue weighted by molar-refractivity contribution is -0.123. The highest BCUT2D eigenvalue weighted by Gasteiger charge is 2.44. The zero-order valence-electron chi connectivity index (χ0n) is 22.8. The smallest absolute Gasteiger partial charge is 0.409 e. The van der Waals surface area contributed by atoms with Crippen LogP contribution in [-0.2, 0) is 39.6 Å². The third-order valence-electron chi connectivity index (χ3n) is 7.57. The second-order valence-corrected chi connectivity index (χ2v) is 11.9. The molecular formula is C27H30N8O5S. The van der Waals surface area contributed by atoms with E-state index in [1.165, 1.54) is 34.8 Å². The Labute approximate surface area is 238 Å². The second kappa shape index (κ2) is 11.6. The molecule has 2 aliphatic heterocycles. The molecule has 1 fully saturated rings. The van der Waals surface area contributed by atoms with Crippen LogP contribution in [0.2, 0.25) is 0 Å². The first-order valence-electron chi connectivity index (χ1n) is 13.1. The summed E-state index contributed by atoms with van der Waals surface area (Å²) in [6.07, 6.45) is 6.76. The number of anilines is 1. The summed E-state index contributed by atoms with van der Waals surface area (Å²) in [5.74, 6) is -0.159. The third kappa shape index (κ3) is 5.63. The Kier molecular flexibility index (Phi) is 8.00. The number of fused-ring (bicyclic) bond motifs is 1. The zero-order valence-corrected chi connectivity index (χ0v) is 23.6. The van der Waals surface area contributed by atoms with Gasteiger partial charge in [0.15, 0.2) is 5.03 Å². The quantitative estimate of drug-likeness (QED) is 0.407. The largest absolute Gasteiger partial charge is 0.453 e. The number of likely N-dealkylation sites (tertiary alicyclic amines) is 1. The molecule has 3 aromatic heterocycles. The maximum absolute atomic E-state index is 14.2. The predicted octanol–water partition coefficient (Wildman–Crippen LogP) is 1.71. The summed E-state index contributed by atoms with van der Waals surface area (Å²) in [6, 6.07) is 7.25. The molecular weight excluding hydrogens is 548 g/mol. The summed E-state index contributed by atoms with van der Waals surface area (Å²) in [5.41, 5.74) is 1.63. The number of piperidine rings is 1. The molecule has 0 bridgehead atoms. The minimum atomic E-state index is -4.21. The highest BCUT2D eigenvalue weighted by molar-refractivity contribution is 7.89. The number of rotatable bonds is 7. The van der Waals surface area contributed by atoms with Gasteiger partial charge >= 0.3 is 6.09 Å². The average Bonchev–Trinajstić information content (AvgIpc) is 3.41. The van der Waals surface area contributed by atoms with Crippen molar-refractivity contribution in [2.75, 3.05) is 31.6 Å². The van der Waals surface area contributed by atoms with Crippen molar-refractivity contribution in [3.63, 3.8) is 0 Å². The predicted molar refractivity (Wildman–Crippen MR) is 146 cm³/mol. The first-order valence-corrected chi connectivity index (χ1v) is 14.6. The number of aryl methyl sites for hydroxylation is 1. The van der Waals surface area contributed by atoms with Gasteiger partial charge in [-0.15, -0.1) is 0 Å². The molecule has 0 aliphatic carbocycles. The second-order valence-electron chi connectivity index (χ2n) is 10.1. The van der Waals surface area contributed by atoms with E-state index in [1.54, 1.807) is 47.2 Å². The summed E-state index contributed by atoms with van der Waals surface area (Å²) < 4.78 is 36.1. The molecule has 3 aromatic rings. The lowest BCUT2D eigenvalue weighted by Gasteiger charge is -2.40. The number of aromatic nitrogens is 4. The standard InChI is InChI=1S/C27H30N8O5S/c1-32-18-29-15-22(32)17-34-25-21(11-20(13-28)14-31-25)12-23(26(34)36)35(41(38,39)24-5-3-4-8-30-24)16-19-6-9-33(10-7-19)27(37)40-2/h3-5,8,11,14-15,18-19,23H,6-7,9-10,12,16-17H2,1-2H3. The van der Waals surface area contributed by atoms with E-state index in [-0.39, 0.29) is 30.5 Å². The number of sulfonamides is 1. The van der Waals surface area contributed by atoms with Gasteiger partial charge in [0.05, 0.1) is 31.2 Å². The van der Waals surface area contributed by atoms with Crippen molar-refractivity contribution in [2.45, 2.75) is 36.9 Å². The first kappa shape index (κ1) is 28.2. The molecule has 14 heteroatoms. The van der Waals surface area contributed by atoms with Crippen molar-refractivity contribution in [1.82, 2.24) is 28.7 Å². The van der Waals surface area contributed by atoms with Crippen LogP contribution in [0.15, 0.2) is 54.2 Å². The normalized spacial score (nSPS) is 17.8. The summed E-state index contributed by atoms with van der Waals surface area (Å²) in [7, 11) is -1.08. The highest BCUT2D eigenvalue weighted by Crippen LogP contribution is 2.33. The van der Waals surface area contributed by atoms with E-state index in [2.05, 4.69) is 21.0 Å². The van der Waals surface area contributed by atoms with Crippen molar-refractivity contribution in [2.24, 2.45) is 13.0 Å². The number of methoxy groups -OCH3 is 1. The fraction of sp³-hybridized carbons (Fsp3) is 0.407. The van der Waals surface area contributed by atoms with E-state index >= 15 is 0 Å². The number of imidazole rings is 1. The first-order chi connectivity index (χ1) is 19.7. The van der Waals surface area contributed by atoms with Crippen LogP contribution in [0.4, 0.5) is 10.6 Å². The fourth-order valence-corrected chi connectivity index (χ4v) is 6.90. The van der Waals surface area contributed by atoms with Gasteiger partial charge in [-0.1, -0.05) is 6.07 Å². The number of pyridine rings is 2. The Morgan fingerprint density at radius 1 is 1.22 bits per heavy atom. The number of nitriles is 1. The average molecular weight is 579 g/mol. The van der Waals surface area contributed by atoms with Crippen LogP contribution >= 0.6 is 0 Å². The number of carbonyl (C=O) groups is 2. The molecule has 0 saturated carbocycles. The van der Waals surface area contributed by atoms with Gasteiger partial charge in [0.2, 0.25) is 5.91 Å². The Bertz CT molecular complexity index is 1580. The number of hydrogen-bond donors (Lipinski definition) is 0. The SMILES string of the molecule is COC(=O)N1CCC(CN(C2Cc3cc(C#N)cnc3N(Cc3cncn3C)C2=O)S(=O)(=O)c2ccccn2)CC1. The monoisotopic (exact) mass is 578 g/mol. The van der Waals surface area contributed by atoms with Gasteiger partial charge in [0.1, 0.15) is 17.9 Å². The Morgan fingerprint density at radius 2 is 2.00 bits per heavy atom. The van der Waals surface area contributed by atoms with E-state index in [9.17, 15) is 23.3 Å². The number of ether oxygens (including phenoxy) is 1. The summed E-state index contributed by atoms with van der Waals surface area (Å²) in [4.78, 5) is 41.9. The number of hydrogen-bond acceptors (Lipinski definition) is 9. The Balaban J connectivity index is 1.53. The van der Waals surface area contributed by atoms with Gasteiger partial charge in [-0.3, -0.25) is 9.69 Å². The molecule has 13 nitrogen and oxygen atoms in total. The van der Waals surface area contributed by atoms with Gasteiger partial charge in [-0.05, 0) is 42.5 Å². The van der Waals surface area contributed by atoms with Crippen LogP contribution in [0.1, 0.15) is 29.7 Å². The van der Waals surface area contributed by atoms with E-state index in [0.717, 1.165) is 5.69 Å². The molecule has 1 atom stereocenters. The van der Waals surface area contributed by atoms with Gasteiger partial charge in [-0.25, -0.2) is 28.2 Å². The Morgan fingerprint density at radius 3 is 2.63 bits per heavy atom. The number of amides is 2. The minimum Gasteiger partial charge on any atom is -0.453 e. The van der Waals surface area contributed by atoms with E-state index in [4.69, 9.17) is 4.74 Å². The van der Waals surface area contributed by atoms with Crippen molar-refractivity contribution in [3.8, 4) is 6.07 Å². The summed E-state index contributed by atoms with van der Waals surface area (Å²) >= 11 is 0. The van der Waals surface area contributed by atoms with Crippen molar-refractivity contribution in [1.29, 1.82) is 5.26 Å². The summed E-state index contributed by atoms with van der Waals surface area (Å²) in [6.45, 7) is 1.01. The minimum absolute atomic E-state index is 0.0473. The molecule has 0 radical (unpaired) electrons. The van der Waals surface area contributed by atoms with Crippen LogP contribution in [0, 0.1) is 17.2 Å². The molecule has 1 saturated heterocycles. The van der Waals surface area contributed by atoms with E-state index in [1.807, 2.05) is 0 Å². The maximum Gasteiger partial charge on any atom is 0.409 e. The zero-order chi connectivity index (χ0) is 29.1. The van der Waals surface area contributed by atoms with Crippen LogP contribution in [0.5, 0.6) is 0 Å². The van der Waals surface area contributed by atoms with Gasteiger partial charge < -0.3 is 14.2 Å². The van der Waals surface area contributed by atoms with Gasteiger partial charge in [0, 0.05) is 51.7 Å². The van der Waals surface area contributed by atoms with E-state index in [0.29, 0.717) is 42.9 Å². The number of nitrogens with zero attached hydrogens (tertiary/aromatic N) is 8. The molecule has 41 heavy (non-hydrogen) atoms. The van der Waals surface area contributed by atoms with E-state index < -0.39 is 28.1 Å². The van der Waals surface area contributed by atoms with Crippen molar-refractivity contribution in [3.05, 3.63) is 66.0 Å². The molecule has 0 N–H and O–H groups in total. The van der Waals surface area contributed by atoms with Gasteiger partial charge in [-0.2, -0.15) is 9.57 Å². The molecule has 0 spiro atoms. The lowest BCUT2D eigenvalue weighted by atomic mass is 9.94. The van der Waals surface area contributed by atoms with Gasteiger partial charge in [0.25, 0.3) is 10.0 Å². The highest BCUT2D eigenvalue weighted by atomic mass is 32.2. The fourth-order valence-electron chi connectivity index (χ4n) is 5.31. The van der Waals surface area contributed by atoms with Crippen LogP contribution in [-0.4, -0.2) is 81.9 Å². The Hall–Kier alpha value is -4.35. The van der Waals surface area contributed by atoms with Crippen molar-refractivity contribution >= 4 is 27.8 Å². The number of carbonyl (C=O) groups excluding carboxylic acids is 2. The molecule has 214 valence electrons. The molecule has 1 unspecified atom stereocenters. The van der Waals surface area contributed by atoms with Crippen molar-refractivity contribution < 1.29 is 22.7 Å².